The molecule has 5 nitrogen and oxygen atoms in total. The highest BCUT2D eigenvalue weighted by atomic mass is 19.1. The molecule has 1 fully saturated rings. The van der Waals surface area contributed by atoms with E-state index in [4.69, 9.17) is 5.73 Å². The van der Waals surface area contributed by atoms with Crippen LogP contribution in [0.15, 0.2) is 18.2 Å². The minimum atomic E-state index is -0.351. The van der Waals surface area contributed by atoms with E-state index in [1.54, 1.807) is 17.0 Å². The lowest BCUT2D eigenvalue weighted by molar-refractivity contribution is -0.150. The van der Waals surface area contributed by atoms with Crippen LogP contribution in [0.4, 0.5) is 4.39 Å². The van der Waals surface area contributed by atoms with Crippen molar-refractivity contribution in [2.75, 3.05) is 19.6 Å². The van der Waals surface area contributed by atoms with E-state index in [1.165, 1.54) is 11.0 Å². The van der Waals surface area contributed by atoms with Gasteiger partial charge in [0.25, 0.3) is 0 Å². The third-order valence-corrected chi connectivity index (χ3v) is 3.55. The Labute approximate surface area is 123 Å². The van der Waals surface area contributed by atoms with E-state index in [0.717, 1.165) is 12.0 Å². The molecule has 114 valence electrons. The summed E-state index contributed by atoms with van der Waals surface area (Å²) in [7, 11) is 0. The van der Waals surface area contributed by atoms with Crippen LogP contribution in [0.5, 0.6) is 0 Å². The van der Waals surface area contributed by atoms with Gasteiger partial charge in [-0.05, 0) is 24.1 Å². The van der Waals surface area contributed by atoms with Crippen LogP contribution in [-0.2, 0) is 22.7 Å². The van der Waals surface area contributed by atoms with Crippen LogP contribution < -0.4 is 5.73 Å². The summed E-state index contributed by atoms with van der Waals surface area (Å²) < 4.78 is 13.4. The van der Waals surface area contributed by atoms with E-state index in [2.05, 4.69) is 0 Å². The van der Waals surface area contributed by atoms with Crippen LogP contribution >= 0.6 is 0 Å². The van der Waals surface area contributed by atoms with Gasteiger partial charge in [0.05, 0.1) is 6.54 Å². The number of nitrogens with two attached hydrogens (primary N) is 1. The molecule has 0 spiro atoms. The van der Waals surface area contributed by atoms with Crippen molar-refractivity contribution >= 4 is 11.8 Å². The van der Waals surface area contributed by atoms with Crippen LogP contribution in [0.3, 0.4) is 0 Å². The number of nitrogens with zero attached hydrogens (tertiary/aromatic N) is 2. The second-order valence-corrected chi connectivity index (χ2v) is 5.19. The lowest BCUT2D eigenvalue weighted by atomic mass is 10.1. The number of benzene rings is 1. The maximum atomic E-state index is 13.4. The molecule has 21 heavy (non-hydrogen) atoms. The SMILES string of the molecule is CCCN1CC(=O)N(Cc2ccc(F)c(CN)c2)CC1=O. The molecule has 0 unspecified atom stereocenters. The fourth-order valence-corrected chi connectivity index (χ4v) is 2.42. The highest BCUT2D eigenvalue weighted by Gasteiger charge is 2.29. The molecule has 1 aromatic carbocycles. The molecule has 1 aromatic rings. The summed E-state index contributed by atoms with van der Waals surface area (Å²) in [5.41, 5.74) is 6.66. The molecule has 0 bridgehead atoms. The first-order valence-corrected chi connectivity index (χ1v) is 7.08. The van der Waals surface area contributed by atoms with E-state index in [-0.39, 0.29) is 37.3 Å². The smallest absolute Gasteiger partial charge is 0.242 e. The van der Waals surface area contributed by atoms with Gasteiger partial charge < -0.3 is 15.5 Å². The summed E-state index contributed by atoms with van der Waals surface area (Å²) in [5, 5.41) is 0. The lowest BCUT2D eigenvalue weighted by Gasteiger charge is -2.33. The Kier molecular flexibility index (Phi) is 4.90. The van der Waals surface area contributed by atoms with Gasteiger partial charge in [0.15, 0.2) is 0 Å². The lowest BCUT2D eigenvalue weighted by Crippen LogP contribution is -2.53. The molecule has 1 heterocycles. The highest BCUT2D eigenvalue weighted by Crippen LogP contribution is 2.14. The van der Waals surface area contributed by atoms with Crippen LogP contribution in [-0.4, -0.2) is 41.2 Å². The average molecular weight is 293 g/mol. The summed E-state index contributed by atoms with van der Waals surface area (Å²) in [5.74, 6) is -0.476. The van der Waals surface area contributed by atoms with Gasteiger partial charge in [0.2, 0.25) is 11.8 Å². The molecule has 0 radical (unpaired) electrons. The summed E-state index contributed by atoms with van der Waals surface area (Å²) >= 11 is 0. The first-order valence-electron chi connectivity index (χ1n) is 7.08. The highest BCUT2D eigenvalue weighted by molar-refractivity contribution is 5.92. The second kappa shape index (κ2) is 6.67. The van der Waals surface area contributed by atoms with Crippen molar-refractivity contribution in [2.24, 2.45) is 5.73 Å². The Morgan fingerprint density at radius 3 is 2.52 bits per heavy atom. The van der Waals surface area contributed by atoms with Gasteiger partial charge >= 0.3 is 0 Å². The molecule has 1 aliphatic heterocycles. The minimum absolute atomic E-state index is 0.0439. The largest absolute Gasteiger partial charge is 0.332 e. The molecule has 2 amide bonds. The number of carbonyl (C=O) groups is 2. The van der Waals surface area contributed by atoms with Crippen molar-refractivity contribution in [3.8, 4) is 0 Å². The zero-order chi connectivity index (χ0) is 15.4. The van der Waals surface area contributed by atoms with Crippen molar-refractivity contribution in [3.05, 3.63) is 35.1 Å². The van der Waals surface area contributed by atoms with Crippen molar-refractivity contribution in [2.45, 2.75) is 26.4 Å². The van der Waals surface area contributed by atoms with Crippen molar-refractivity contribution in [1.29, 1.82) is 0 Å². The van der Waals surface area contributed by atoms with Gasteiger partial charge in [-0.1, -0.05) is 13.0 Å². The summed E-state index contributed by atoms with van der Waals surface area (Å²) in [6, 6.07) is 4.60. The van der Waals surface area contributed by atoms with E-state index < -0.39 is 0 Å². The molecular formula is C15H20FN3O2. The standard InChI is InChI=1S/C15H20FN3O2/c1-2-5-18-9-15(21)19(10-14(18)20)8-11-3-4-13(16)12(6-11)7-17/h3-4,6H,2,5,7-10,17H2,1H3. The Bertz CT molecular complexity index is 548. The molecule has 0 aliphatic carbocycles. The van der Waals surface area contributed by atoms with Crippen molar-refractivity contribution < 1.29 is 14.0 Å². The van der Waals surface area contributed by atoms with Crippen LogP contribution in [0.2, 0.25) is 0 Å². The van der Waals surface area contributed by atoms with Crippen LogP contribution in [0.25, 0.3) is 0 Å². The van der Waals surface area contributed by atoms with Gasteiger partial charge in [-0.25, -0.2) is 4.39 Å². The molecule has 0 aromatic heterocycles. The number of halogens is 1. The van der Waals surface area contributed by atoms with E-state index in [9.17, 15) is 14.0 Å². The normalized spacial score (nSPS) is 15.8. The average Bonchev–Trinajstić information content (AvgIpc) is 2.46. The molecule has 6 heteroatoms. The van der Waals surface area contributed by atoms with Crippen molar-refractivity contribution in [1.82, 2.24) is 9.80 Å². The Hall–Kier alpha value is -1.95. The number of amides is 2. The fourth-order valence-electron chi connectivity index (χ4n) is 2.42. The van der Waals surface area contributed by atoms with Crippen LogP contribution in [0.1, 0.15) is 24.5 Å². The number of carbonyl (C=O) groups excluding carboxylic acids is 2. The van der Waals surface area contributed by atoms with Crippen LogP contribution in [0, 0.1) is 5.82 Å². The minimum Gasteiger partial charge on any atom is -0.332 e. The maximum Gasteiger partial charge on any atom is 0.242 e. The first kappa shape index (κ1) is 15.4. The summed E-state index contributed by atoms with van der Waals surface area (Å²) in [4.78, 5) is 27.1. The van der Waals surface area contributed by atoms with E-state index in [0.29, 0.717) is 18.7 Å². The number of piperazine rings is 1. The maximum absolute atomic E-state index is 13.4. The summed E-state index contributed by atoms with van der Waals surface area (Å²) in [6.45, 7) is 3.18. The third-order valence-electron chi connectivity index (χ3n) is 3.55. The molecule has 1 aliphatic rings. The zero-order valence-corrected chi connectivity index (χ0v) is 12.1. The quantitative estimate of drug-likeness (QED) is 0.876. The number of hydrogen-bond donors (Lipinski definition) is 1. The Balaban J connectivity index is 2.06. The predicted molar refractivity (Wildman–Crippen MR) is 76.6 cm³/mol. The molecule has 2 rings (SSSR count). The topological polar surface area (TPSA) is 66.6 Å². The van der Waals surface area contributed by atoms with Gasteiger partial charge in [0.1, 0.15) is 12.4 Å². The van der Waals surface area contributed by atoms with Gasteiger partial charge in [-0.15, -0.1) is 0 Å². The molecule has 0 saturated carbocycles. The van der Waals surface area contributed by atoms with Gasteiger partial charge in [-0.3, -0.25) is 9.59 Å². The monoisotopic (exact) mass is 293 g/mol. The Morgan fingerprint density at radius 1 is 1.19 bits per heavy atom. The molecule has 1 saturated heterocycles. The zero-order valence-electron chi connectivity index (χ0n) is 12.1. The molecule has 0 atom stereocenters. The van der Waals surface area contributed by atoms with Gasteiger partial charge in [-0.2, -0.15) is 0 Å². The van der Waals surface area contributed by atoms with Gasteiger partial charge in [0, 0.05) is 25.2 Å². The summed E-state index contributed by atoms with van der Waals surface area (Å²) in [6.07, 6.45) is 0.830. The second-order valence-electron chi connectivity index (χ2n) is 5.19. The Morgan fingerprint density at radius 2 is 1.86 bits per heavy atom. The number of rotatable bonds is 5. The first-order chi connectivity index (χ1) is 10.0. The third kappa shape index (κ3) is 3.58. The number of hydrogen-bond acceptors (Lipinski definition) is 3. The predicted octanol–water partition coefficient (Wildman–Crippen LogP) is 0.865. The van der Waals surface area contributed by atoms with E-state index in [1.807, 2.05) is 6.92 Å². The fraction of sp³-hybridized carbons (Fsp3) is 0.467. The van der Waals surface area contributed by atoms with Crippen molar-refractivity contribution in [3.63, 3.8) is 0 Å². The molecule has 2 N–H and O–H groups in total. The molecular weight excluding hydrogens is 273 g/mol. The van der Waals surface area contributed by atoms with E-state index >= 15 is 0 Å².